The zero-order valence-electron chi connectivity index (χ0n) is 16.0. The van der Waals surface area contributed by atoms with Crippen molar-refractivity contribution in [2.24, 2.45) is 0 Å². The molecule has 138 valence electrons. The van der Waals surface area contributed by atoms with E-state index in [1.165, 1.54) is 61.9 Å². The van der Waals surface area contributed by atoms with Gasteiger partial charge in [0.1, 0.15) is 11.4 Å². The number of nitrogens with zero attached hydrogens (tertiary/aromatic N) is 2. The second-order valence-electron chi connectivity index (χ2n) is 8.54. The Morgan fingerprint density at radius 2 is 1.96 bits per heavy atom. The van der Waals surface area contributed by atoms with E-state index in [1.54, 1.807) is 0 Å². The Labute approximate surface area is 155 Å². The van der Waals surface area contributed by atoms with Crippen molar-refractivity contribution in [3.05, 3.63) is 35.2 Å². The summed E-state index contributed by atoms with van der Waals surface area (Å²) in [5.74, 6) is 1.11. The Bertz CT molecular complexity index is 793. The molecule has 5 rings (SSSR count). The lowest BCUT2D eigenvalue weighted by atomic mass is 9.81. The Morgan fingerprint density at radius 3 is 2.62 bits per heavy atom. The van der Waals surface area contributed by atoms with Crippen molar-refractivity contribution in [3.8, 4) is 16.9 Å². The average Bonchev–Trinajstić information content (AvgIpc) is 2.94. The molecular formula is C22H29N3O. The summed E-state index contributed by atoms with van der Waals surface area (Å²) in [5.41, 5.74) is 6.14. The van der Waals surface area contributed by atoms with Gasteiger partial charge in [0.2, 0.25) is 0 Å². The molecule has 4 heteroatoms. The molecule has 0 unspecified atom stereocenters. The maximum atomic E-state index is 6.62. The molecule has 2 aromatic rings. The van der Waals surface area contributed by atoms with Crippen LogP contribution in [0.25, 0.3) is 11.1 Å². The molecule has 1 saturated carbocycles. The summed E-state index contributed by atoms with van der Waals surface area (Å²) in [7, 11) is 0. The molecule has 1 aliphatic carbocycles. The first-order chi connectivity index (χ1) is 12.6. The van der Waals surface area contributed by atoms with Crippen LogP contribution in [0.3, 0.4) is 0 Å². The Morgan fingerprint density at radius 1 is 1.15 bits per heavy atom. The summed E-state index contributed by atoms with van der Waals surface area (Å²) < 4.78 is 6.62. The molecule has 2 fully saturated rings. The minimum Gasteiger partial charge on any atom is -0.487 e. The van der Waals surface area contributed by atoms with E-state index in [0.29, 0.717) is 0 Å². The maximum absolute atomic E-state index is 6.62. The lowest BCUT2D eigenvalue weighted by Crippen LogP contribution is -2.53. The molecule has 3 heterocycles. The van der Waals surface area contributed by atoms with Crippen molar-refractivity contribution < 1.29 is 4.74 Å². The standard InChI is InChI=1S/C22H29N3O/c1-15-21(16(2)24-23-15)18-6-7-20-17(14-18)8-9-22(26-20)10-12-25(13-11-22)19-4-3-5-19/h6-7,14,19H,3-5,8-13H2,1-2H3,(H,23,24). The zero-order valence-corrected chi connectivity index (χ0v) is 16.0. The second kappa shape index (κ2) is 6.12. The first-order valence-electron chi connectivity index (χ1n) is 10.2. The number of aryl methyl sites for hydroxylation is 3. The van der Waals surface area contributed by atoms with Gasteiger partial charge < -0.3 is 9.64 Å². The highest BCUT2D eigenvalue weighted by atomic mass is 16.5. The van der Waals surface area contributed by atoms with Crippen LogP contribution in [0.4, 0.5) is 0 Å². The van der Waals surface area contributed by atoms with E-state index in [1.807, 2.05) is 0 Å². The summed E-state index contributed by atoms with van der Waals surface area (Å²) >= 11 is 0. The fraction of sp³-hybridized carbons (Fsp3) is 0.591. The summed E-state index contributed by atoms with van der Waals surface area (Å²) in [6.45, 7) is 6.59. The van der Waals surface area contributed by atoms with E-state index in [2.05, 4.69) is 47.1 Å². The average molecular weight is 351 g/mol. The van der Waals surface area contributed by atoms with E-state index < -0.39 is 0 Å². The topological polar surface area (TPSA) is 41.2 Å². The Balaban J connectivity index is 1.34. The number of H-pyrrole nitrogens is 1. The number of ether oxygens (including phenoxy) is 1. The van der Waals surface area contributed by atoms with Crippen molar-refractivity contribution in [2.75, 3.05) is 13.1 Å². The lowest BCUT2D eigenvalue weighted by Gasteiger charge is -2.48. The van der Waals surface area contributed by atoms with E-state index in [9.17, 15) is 0 Å². The number of likely N-dealkylation sites (tertiary alicyclic amines) is 1. The second-order valence-corrected chi connectivity index (χ2v) is 8.54. The van der Waals surface area contributed by atoms with Gasteiger partial charge in [-0.3, -0.25) is 5.10 Å². The van der Waals surface area contributed by atoms with Gasteiger partial charge in [0.05, 0.1) is 5.69 Å². The maximum Gasteiger partial charge on any atom is 0.123 e. The van der Waals surface area contributed by atoms with Gasteiger partial charge in [-0.1, -0.05) is 12.5 Å². The highest BCUT2D eigenvalue weighted by Crippen LogP contribution is 2.42. The molecule has 3 aliphatic rings. The van der Waals surface area contributed by atoms with Gasteiger partial charge in [0, 0.05) is 30.4 Å². The summed E-state index contributed by atoms with van der Waals surface area (Å²) in [5, 5.41) is 7.44. The number of nitrogens with one attached hydrogen (secondary N) is 1. The van der Waals surface area contributed by atoms with Crippen molar-refractivity contribution in [2.45, 2.75) is 70.4 Å². The minimum atomic E-state index is 0.0796. The van der Waals surface area contributed by atoms with Crippen LogP contribution in [0.1, 0.15) is 55.5 Å². The molecule has 0 radical (unpaired) electrons. The summed E-state index contributed by atoms with van der Waals surface area (Å²) in [6.07, 6.45) is 8.90. The molecule has 0 atom stereocenters. The van der Waals surface area contributed by atoms with Gasteiger partial charge in [0.15, 0.2) is 0 Å². The minimum absolute atomic E-state index is 0.0796. The van der Waals surface area contributed by atoms with Crippen molar-refractivity contribution in [1.29, 1.82) is 0 Å². The first kappa shape index (κ1) is 16.4. The summed E-state index contributed by atoms with van der Waals surface area (Å²) in [4.78, 5) is 2.71. The summed E-state index contributed by atoms with van der Waals surface area (Å²) in [6, 6.07) is 7.57. The van der Waals surface area contributed by atoms with E-state index >= 15 is 0 Å². The van der Waals surface area contributed by atoms with Gasteiger partial charge >= 0.3 is 0 Å². The third-order valence-electron chi connectivity index (χ3n) is 6.95. The number of rotatable bonds is 2. The third-order valence-corrected chi connectivity index (χ3v) is 6.95. The van der Waals surface area contributed by atoms with Crippen LogP contribution in [0.15, 0.2) is 18.2 Å². The smallest absolute Gasteiger partial charge is 0.123 e. The van der Waals surface area contributed by atoms with Crippen molar-refractivity contribution in [1.82, 2.24) is 15.1 Å². The van der Waals surface area contributed by atoms with Crippen molar-refractivity contribution in [3.63, 3.8) is 0 Å². The molecule has 1 spiro atoms. The number of aromatic amines is 1. The molecule has 1 N–H and O–H groups in total. The molecule has 2 aliphatic heterocycles. The predicted molar refractivity (Wildman–Crippen MR) is 104 cm³/mol. The molecule has 1 aromatic heterocycles. The van der Waals surface area contributed by atoms with E-state index in [-0.39, 0.29) is 5.60 Å². The number of piperidine rings is 1. The monoisotopic (exact) mass is 351 g/mol. The fourth-order valence-corrected chi connectivity index (χ4v) is 5.05. The molecule has 4 nitrogen and oxygen atoms in total. The number of aromatic nitrogens is 2. The number of benzene rings is 1. The van der Waals surface area contributed by atoms with Gasteiger partial charge in [-0.2, -0.15) is 5.10 Å². The van der Waals surface area contributed by atoms with Crippen LogP contribution in [0.5, 0.6) is 5.75 Å². The van der Waals surface area contributed by atoms with Crippen LogP contribution >= 0.6 is 0 Å². The SMILES string of the molecule is Cc1n[nH]c(C)c1-c1ccc2c(c1)CCC1(CCN(C3CCC3)CC1)O2. The third kappa shape index (κ3) is 2.66. The zero-order chi connectivity index (χ0) is 17.7. The lowest BCUT2D eigenvalue weighted by molar-refractivity contribution is -0.0336. The van der Waals surface area contributed by atoms with Crippen LogP contribution in [-0.4, -0.2) is 39.8 Å². The largest absolute Gasteiger partial charge is 0.487 e. The predicted octanol–water partition coefficient (Wildman–Crippen LogP) is 4.41. The highest BCUT2D eigenvalue weighted by Gasteiger charge is 2.41. The van der Waals surface area contributed by atoms with Crippen LogP contribution in [0, 0.1) is 13.8 Å². The van der Waals surface area contributed by atoms with Crippen LogP contribution in [-0.2, 0) is 6.42 Å². The first-order valence-corrected chi connectivity index (χ1v) is 10.2. The molecule has 0 amide bonds. The quantitative estimate of drug-likeness (QED) is 0.871. The highest BCUT2D eigenvalue weighted by molar-refractivity contribution is 5.70. The molecule has 1 saturated heterocycles. The Hall–Kier alpha value is -1.81. The molecule has 26 heavy (non-hydrogen) atoms. The fourth-order valence-electron chi connectivity index (χ4n) is 5.05. The van der Waals surface area contributed by atoms with Gasteiger partial charge in [-0.05, 0) is 75.6 Å². The van der Waals surface area contributed by atoms with Gasteiger partial charge in [0.25, 0.3) is 0 Å². The number of fused-ring (bicyclic) bond motifs is 1. The molecular weight excluding hydrogens is 322 g/mol. The van der Waals surface area contributed by atoms with E-state index in [0.717, 1.165) is 36.0 Å². The normalized spacial score (nSPS) is 22.7. The van der Waals surface area contributed by atoms with Crippen LogP contribution in [0.2, 0.25) is 0 Å². The van der Waals surface area contributed by atoms with Crippen molar-refractivity contribution >= 4 is 0 Å². The van der Waals surface area contributed by atoms with E-state index in [4.69, 9.17) is 4.74 Å². The Kier molecular flexibility index (Phi) is 3.85. The molecule has 0 bridgehead atoms. The number of hydrogen-bond donors (Lipinski definition) is 1. The molecule has 1 aromatic carbocycles. The van der Waals surface area contributed by atoms with Crippen LogP contribution < -0.4 is 4.74 Å². The van der Waals surface area contributed by atoms with Gasteiger partial charge in [-0.15, -0.1) is 0 Å². The number of hydrogen-bond acceptors (Lipinski definition) is 3. The van der Waals surface area contributed by atoms with Gasteiger partial charge in [-0.25, -0.2) is 0 Å².